The molecule has 27 heavy (non-hydrogen) atoms. The quantitative estimate of drug-likeness (QED) is 0.642. The van der Waals surface area contributed by atoms with E-state index < -0.39 is 11.7 Å². The van der Waals surface area contributed by atoms with Crippen LogP contribution in [-0.2, 0) is 0 Å². The topological polar surface area (TPSA) is 90.4 Å². The predicted molar refractivity (Wildman–Crippen MR) is 101 cm³/mol. The number of piperidine rings is 1. The van der Waals surface area contributed by atoms with Gasteiger partial charge in [0.25, 0.3) is 5.91 Å². The molecule has 0 spiro atoms. The summed E-state index contributed by atoms with van der Waals surface area (Å²) >= 11 is 0. The van der Waals surface area contributed by atoms with Gasteiger partial charge in [-0.25, -0.2) is 14.4 Å². The number of carbonyl (C=O) groups excluding carboxylic acids is 1. The lowest BCUT2D eigenvalue weighted by molar-refractivity contribution is 0.0951. The number of nitrogens with zero attached hydrogens (tertiary/aromatic N) is 3. The Morgan fingerprint density at radius 1 is 1.26 bits per heavy atom. The van der Waals surface area contributed by atoms with E-state index in [2.05, 4.69) is 25.5 Å². The number of nitrogens with one attached hydrogen (secondary N) is 2. The number of aliphatic hydroxyl groups excluding tert-OH is 1. The van der Waals surface area contributed by atoms with E-state index in [9.17, 15) is 14.3 Å². The highest BCUT2D eigenvalue weighted by molar-refractivity contribution is 5.94. The van der Waals surface area contributed by atoms with E-state index in [1.807, 2.05) is 6.07 Å². The number of rotatable bonds is 7. The predicted octanol–water partition coefficient (Wildman–Crippen LogP) is 1.81. The van der Waals surface area contributed by atoms with Crippen LogP contribution in [-0.4, -0.2) is 53.3 Å². The molecule has 1 fully saturated rings. The van der Waals surface area contributed by atoms with E-state index in [1.165, 1.54) is 18.5 Å². The fourth-order valence-corrected chi connectivity index (χ4v) is 3.20. The van der Waals surface area contributed by atoms with Crippen molar-refractivity contribution in [3.8, 4) is 0 Å². The molecule has 1 unspecified atom stereocenters. The Kier molecular flexibility index (Phi) is 6.54. The number of benzene rings is 1. The second-order valence-electron chi connectivity index (χ2n) is 6.45. The van der Waals surface area contributed by atoms with Gasteiger partial charge in [-0.05, 0) is 31.4 Å². The van der Waals surface area contributed by atoms with E-state index in [0.29, 0.717) is 18.9 Å². The van der Waals surface area contributed by atoms with E-state index in [4.69, 9.17) is 0 Å². The molecule has 1 aliphatic rings. The Bertz CT molecular complexity index is 773. The molecule has 0 bridgehead atoms. The number of hydrogen-bond acceptors (Lipinski definition) is 6. The Morgan fingerprint density at radius 3 is 2.93 bits per heavy atom. The first-order valence-electron chi connectivity index (χ1n) is 9.15. The zero-order valence-electron chi connectivity index (χ0n) is 15.1. The second-order valence-corrected chi connectivity index (χ2v) is 6.45. The molecule has 0 aliphatic carbocycles. The van der Waals surface area contributed by atoms with Crippen LogP contribution >= 0.6 is 0 Å². The minimum atomic E-state index is -0.539. The summed E-state index contributed by atoms with van der Waals surface area (Å²) in [6.45, 7) is 1.74. The minimum Gasteiger partial charge on any atom is -0.394 e. The fourth-order valence-electron chi connectivity index (χ4n) is 3.20. The Hall–Kier alpha value is -2.74. The summed E-state index contributed by atoms with van der Waals surface area (Å²) in [5, 5.41) is 15.4. The normalized spacial score (nSPS) is 16.8. The monoisotopic (exact) mass is 373 g/mol. The van der Waals surface area contributed by atoms with Crippen LogP contribution in [0.5, 0.6) is 0 Å². The number of aliphatic hydroxyl groups is 1. The lowest BCUT2D eigenvalue weighted by Gasteiger charge is -2.35. The first-order chi connectivity index (χ1) is 13.2. The van der Waals surface area contributed by atoms with Crippen molar-refractivity contribution in [1.82, 2.24) is 15.3 Å². The van der Waals surface area contributed by atoms with Crippen molar-refractivity contribution in [3.05, 3.63) is 48.0 Å². The van der Waals surface area contributed by atoms with Crippen molar-refractivity contribution in [3.63, 3.8) is 0 Å². The molecule has 3 N–H and O–H groups in total. The maximum Gasteiger partial charge on any atom is 0.254 e. The Balaban J connectivity index is 1.51. The standard InChI is InChI=1S/C19H24FN5O2/c20-16-7-2-1-6-15(16)19(27)22-9-8-21-17-11-18(24-13-23-17)25-10-4-3-5-14(25)12-26/h1-2,6-7,11,13-14,26H,3-5,8-10,12H2,(H,22,27)(H,21,23,24). The number of hydrogen-bond donors (Lipinski definition) is 3. The lowest BCUT2D eigenvalue weighted by atomic mass is 10.0. The van der Waals surface area contributed by atoms with Gasteiger partial charge < -0.3 is 20.6 Å². The third kappa shape index (κ3) is 4.91. The van der Waals surface area contributed by atoms with Gasteiger partial charge in [-0.15, -0.1) is 0 Å². The van der Waals surface area contributed by atoms with Crippen molar-refractivity contribution in [2.24, 2.45) is 0 Å². The van der Waals surface area contributed by atoms with Gasteiger partial charge in [0.2, 0.25) is 0 Å². The molecular formula is C19H24FN5O2. The highest BCUT2D eigenvalue weighted by atomic mass is 19.1. The summed E-state index contributed by atoms with van der Waals surface area (Å²) in [6.07, 6.45) is 4.62. The molecule has 1 amide bonds. The highest BCUT2D eigenvalue weighted by Crippen LogP contribution is 2.23. The van der Waals surface area contributed by atoms with Gasteiger partial charge in [-0.3, -0.25) is 4.79 Å². The molecule has 0 radical (unpaired) electrons. The third-order valence-electron chi connectivity index (χ3n) is 4.62. The van der Waals surface area contributed by atoms with Crippen LogP contribution in [0.3, 0.4) is 0 Å². The van der Waals surface area contributed by atoms with Gasteiger partial charge in [-0.2, -0.15) is 0 Å². The van der Waals surface area contributed by atoms with E-state index in [0.717, 1.165) is 31.6 Å². The lowest BCUT2D eigenvalue weighted by Crippen LogP contribution is -2.42. The summed E-state index contributed by atoms with van der Waals surface area (Å²) in [6, 6.07) is 7.80. The molecular weight excluding hydrogens is 349 g/mol. The first kappa shape index (κ1) is 19.0. The largest absolute Gasteiger partial charge is 0.394 e. The van der Waals surface area contributed by atoms with Crippen molar-refractivity contribution >= 4 is 17.5 Å². The molecule has 7 nitrogen and oxygen atoms in total. The second kappa shape index (κ2) is 9.27. The molecule has 1 aromatic heterocycles. The summed E-state index contributed by atoms with van der Waals surface area (Å²) in [5.74, 6) is 0.435. The summed E-state index contributed by atoms with van der Waals surface area (Å²) in [5.41, 5.74) is 0.0296. The summed E-state index contributed by atoms with van der Waals surface area (Å²) in [4.78, 5) is 22.6. The first-order valence-corrected chi connectivity index (χ1v) is 9.15. The Morgan fingerprint density at radius 2 is 2.11 bits per heavy atom. The molecule has 0 saturated carbocycles. The van der Waals surface area contributed by atoms with Crippen LogP contribution in [0.25, 0.3) is 0 Å². The molecule has 1 saturated heterocycles. The average molecular weight is 373 g/mol. The summed E-state index contributed by atoms with van der Waals surface area (Å²) in [7, 11) is 0. The van der Waals surface area contributed by atoms with Crippen molar-refractivity contribution in [1.29, 1.82) is 0 Å². The maximum atomic E-state index is 13.6. The summed E-state index contributed by atoms with van der Waals surface area (Å²) < 4.78 is 13.6. The molecule has 8 heteroatoms. The molecule has 2 heterocycles. The smallest absolute Gasteiger partial charge is 0.254 e. The minimum absolute atomic E-state index is 0.0296. The zero-order chi connectivity index (χ0) is 19.1. The highest BCUT2D eigenvalue weighted by Gasteiger charge is 2.23. The maximum absolute atomic E-state index is 13.6. The number of aromatic nitrogens is 2. The van der Waals surface area contributed by atoms with Gasteiger partial charge >= 0.3 is 0 Å². The molecule has 2 aromatic rings. The van der Waals surface area contributed by atoms with E-state index in [-0.39, 0.29) is 18.2 Å². The average Bonchev–Trinajstić information content (AvgIpc) is 2.71. The SMILES string of the molecule is O=C(NCCNc1cc(N2CCCCC2CO)ncn1)c1ccccc1F. The van der Waals surface area contributed by atoms with Crippen LogP contribution in [0, 0.1) is 5.82 Å². The van der Waals surface area contributed by atoms with Crippen LogP contribution in [0.2, 0.25) is 0 Å². The van der Waals surface area contributed by atoms with Gasteiger partial charge in [0.15, 0.2) is 0 Å². The van der Waals surface area contributed by atoms with Crippen LogP contribution < -0.4 is 15.5 Å². The van der Waals surface area contributed by atoms with Crippen molar-refractivity contribution in [2.45, 2.75) is 25.3 Å². The number of carbonyl (C=O) groups is 1. The molecule has 3 rings (SSSR count). The van der Waals surface area contributed by atoms with Crippen LogP contribution in [0.1, 0.15) is 29.6 Å². The van der Waals surface area contributed by atoms with Gasteiger partial charge in [0.05, 0.1) is 18.2 Å². The molecule has 144 valence electrons. The van der Waals surface area contributed by atoms with Crippen molar-refractivity contribution in [2.75, 3.05) is 36.5 Å². The van der Waals surface area contributed by atoms with Crippen LogP contribution in [0.4, 0.5) is 16.0 Å². The number of amides is 1. The third-order valence-corrected chi connectivity index (χ3v) is 4.62. The van der Waals surface area contributed by atoms with Gasteiger partial charge in [0, 0.05) is 25.7 Å². The zero-order valence-corrected chi connectivity index (χ0v) is 15.1. The fraction of sp³-hybridized carbons (Fsp3) is 0.421. The van der Waals surface area contributed by atoms with E-state index >= 15 is 0 Å². The number of halogens is 1. The van der Waals surface area contributed by atoms with Crippen molar-refractivity contribution < 1.29 is 14.3 Å². The van der Waals surface area contributed by atoms with Crippen LogP contribution in [0.15, 0.2) is 36.7 Å². The number of anilines is 2. The molecule has 1 aliphatic heterocycles. The van der Waals surface area contributed by atoms with Gasteiger partial charge in [-0.1, -0.05) is 12.1 Å². The van der Waals surface area contributed by atoms with Gasteiger partial charge in [0.1, 0.15) is 23.8 Å². The molecule has 1 aromatic carbocycles. The molecule has 1 atom stereocenters. The Labute approximate surface area is 157 Å². The van der Waals surface area contributed by atoms with E-state index in [1.54, 1.807) is 12.1 Å².